The van der Waals surface area contributed by atoms with Gasteiger partial charge in [-0.15, -0.1) is 11.3 Å². The van der Waals surface area contributed by atoms with E-state index in [9.17, 15) is 9.59 Å². The molecule has 1 aromatic carbocycles. The summed E-state index contributed by atoms with van der Waals surface area (Å²) in [7, 11) is 0. The summed E-state index contributed by atoms with van der Waals surface area (Å²) in [6.45, 7) is 4.72. The van der Waals surface area contributed by atoms with E-state index < -0.39 is 0 Å². The van der Waals surface area contributed by atoms with Gasteiger partial charge in [-0.25, -0.2) is 4.98 Å². The number of aromatic nitrogens is 1. The average molecular weight is 431 g/mol. The molecule has 0 radical (unpaired) electrons. The molecule has 0 saturated carbocycles. The van der Waals surface area contributed by atoms with E-state index in [1.54, 1.807) is 0 Å². The molecule has 0 bridgehead atoms. The highest BCUT2D eigenvalue weighted by Crippen LogP contribution is 2.26. The second kappa shape index (κ2) is 9.28. The molecule has 1 unspecified atom stereocenters. The zero-order chi connectivity index (χ0) is 20.2. The monoisotopic (exact) mass is 430 g/mol. The summed E-state index contributed by atoms with van der Waals surface area (Å²) < 4.78 is 0. The first-order valence-corrected chi connectivity index (χ1v) is 12.1. The Morgan fingerprint density at radius 1 is 1.17 bits per heavy atom. The number of amides is 2. The van der Waals surface area contributed by atoms with Gasteiger partial charge in [0.1, 0.15) is 0 Å². The number of aryl methyl sites for hydroxylation is 1. The molecule has 2 fully saturated rings. The zero-order valence-corrected chi connectivity index (χ0v) is 18.2. The largest absolute Gasteiger partial charge is 0.340 e. The lowest BCUT2D eigenvalue weighted by Crippen LogP contribution is -2.49. The topological polar surface area (TPSA) is 65.5 Å². The lowest BCUT2D eigenvalue weighted by atomic mass is 10.1. The van der Waals surface area contributed by atoms with Gasteiger partial charge in [0, 0.05) is 35.5 Å². The van der Waals surface area contributed by atoms with E-state index in [0.29, 0.717) is 5.13 Å². The van der Waals surface area contributed by atoms with Crippen LogP contribution in [0.4, 0.5) is 5.13 Å². The van der Waals surface area contributed by atoms with Crippen molar-refractivity contribution < 1.29 is 9.59 Å². The summed E-state index contributed by atoms with van der Waals surface area (Å²) in [5.74, 6) is 2.09. The van der Waals surface area contributed by atoms with Crippen molar-refractivity contribution in [3.63, 3.8) is 0 Å². The molecule has 2 saturated heterocycles. The van der Waals surface area contributed by atoms with Crippen molar-refractivity contribution in [2.24, 2.45) is 0 Å². The first-order chi connectivity index (χ1) is 14.1. The fourth-order valence-corrected chi connectivity index (χ4v) is 5.46. The van der Waals surface area contributed by atoms with Crippen LogP contribution >= 0.6 is 23.1 Å². The molecule has 2 amide bonds. The normalized spacial score (nSPS) is 20.0. The first-order valence-electron chi connectivity index (χ1n) is 10.0. The summed E-state index contributed by atoms with van der Waals surface area (Å²) in [4.78, 5) is 34.0. The Morgan fingerprint density at radius 2 is 1.93 bits per heavy atom. The number of thioether (sulfide) groups is 1. The van der Waals surface area contributed by atoms with Gasteiger partial charge < -0.3 is 10.2 Å². The maximum absolute atomic E-state index is 12.9. The Morgan fingerprint density at radius 3 is 2.69 bits per heavy atom. The molecule has 1 N–H and O–H groups in total. The van der Waals surface area contributed by atoms with Gasteiger partial charge in [0.15, 0.2) is 5.13 Å². The molecule has 154 valence electrons. The number of hydrogen-bond donors (Lipinski definition) is 1. The maximum atomic E-state index is 12.9. The molecular formula is C21H26N4O2S2. The van der Waals surface area contributed by atoms with Crippen LogP contribution in [-0.4, -0.2) is 70.3 Å². The lowest BCUT2D eigenvalue weighted by molar-refractivity contribution is -0.136. The summed E-state index contributed by atoms with van der Waals surface area (Å²) in [5.41, 5.74) is 3.11. The Hall–Kier alpha value is -1.90. The van der Waals surface area contributed by atoms with Crippen LogP contribution < -0.4 is 5.32 Å². The van der Waals surface area contributed by atoms with Gasteiger partial charge in [0.05, 0.1) is 18.3 Å². The fourth-order valence-electron chi connectivity index (χ4n) is 3.82. The number of hydrogen-bond acceptors (Lipinski definition) is 6. The van der Waals surface area contributed by atoms with Crippen LogP contribution in [0, 0.1) is 6.92 Å². The lowest BCUT2D eigenvalue weighted by Gasteiger charge is -2.32. The van der Waals surface area contributed by atoms with Gasteiger partial charge in [0.2, 0.25) is 11.8 Å². The molecule has 4 rings (SSSR count). The van der Waals surface area contributed by atoms with Crippen LogP contribution in [0.25, 0.3) is 11.3 Å². The second-order valence-electron chi connectivity index (χ2n) is 7.52. The number of carbonyl (C=O) groups excluding carboxylic acids is 2. The highest BCUT2D eigenvalue weighted by molar-refractivity contribution is 7.99. The average Bonchev–Trinajstić information content (AvgIpc) is 3.38. The maximum Gasteiger partial charge on any atom is 0.240 e. The Labute approximate surface area is 179 Å². The zero-order valence-electron chi connectivity index (χ0n) is 16.6. The minimum Gasteiger partial charge on any atom is -0.340 e. The van der Waals surface area contributed by atoms with Gasteiger partial charge in [-0.05, 0) is 26.3 Å². The van der Waals surface area contributed by atoms with E-state index in [4.69, 9.17) is 0 Å². The van der Waals surface area contributed by atoms with E-state index in [1.807, 2.05) is 39.1 Å². The van der Waals surface area contributed by atoms with E-state index in [0.717, 1.165) is 55.2 Å². The number of anilines is 1. The minimum atomic E-state index is -0.164. The Kier molecular flexibility index (Phi) is 6.52. The predicted molar refractivity (Wildman–Crippen MR) is 119 cm³/mol. The van der Waals surface area contributed by atoms with E-state index >= 15 is 0 Å². The Bertz CT molecular complexity index is 862. The second-order valence-corrected chi connectivity index (χ2v) is 9.60. The molecule has 2 aliphatic rings. The molecule has 6 nitrogen and oxygen atoms in total. The van der Waals surface area contributed by atoms with Crippen LogP contribution in [0.5, 0.6) is 0 Å². The molecule has 1 aromatic heterocycles. The molecule has 3 heterocycles. The van der Waals surface area contributed by atoms with Crippen molar-refractivity contribution in [3.8, 4) is 11.3 Å². The van der Waals surface area contributed by atoms with Crippen molar-refractivity contribution in [2.75, 3.05) is 43.0 Å². The summed E-state index contributed by atoms with van der Waals surface area (Å²) >= 11 is 3.32. The summed E-state index contributed by atoms with van der Waals surface area (Å²) in [6, 6.07) is 8.02. The van der Waals surface area contributed by atoms with Crippen LogP contribution in [0.15, 0.2) is 29.6 Å². The summed E-state index contributed by atoms with van der Waals surface area (Å²) in [6.07, 6.45) is 1.80. The van der Waals surface area contributed by atoms with Crippen molar-refractivity contribution in [2.45, 2.75) is 25.8 Å². The number of benzene rings is 1. The van der Waals surface area contributed by atoms with Gasteiger partial charge >= 0.3 is 0 Å². The third-order valence-corrected chi connectivity index (χ3v) is 7.12. The third-order valence-electron chi connectivity index (χ3n) is 5.42. The van der Waals surface area contributed by atoms with Crippen molar-refractivity contribution in [1.29, 1.82) is 0 Å². The first kappa shape index (κ1) is 20.4. The number of nitrogens with zero attached hydrogens (tertiary/aromatic N) is 3. The van der Waals surface area contributed by atoms with E-state index in [1.165, 1.54) is 16.9 Å². The predicted octanol–water partition coefficient (Wildman–Crippen LogP) is 3.10. The minimum absolute atomic E-state index is 0.108. The summed E-state index contributed by atoms with van der Waals surface area (Å²) in [5, 5.41) is 5.46. The van der Waals surface area contributed by atoms with Gasteiger partial charge in [-0.1, -0.05) is 29.8 Å². The third kappa shape index (κ3) is 4.99. The van der Waals surface area contributed by atoms with E-state index in [2.05, 4.69) is 29.4 Å². The molecule has 0 aliphatic carbocycles. The number of carbonyl (C=O) groups is 2. The highest BCUT2D eigenvalue weighted by atomic mass is 32.2. The number of rotatable bonds is 5. The SMILES string of the molecule is Cc1ccc(-c2csc(NC(=O)CN3CCCC3C(=O)N3CCSCC3)n2)cc1. The van der Waals surface area contributed by atoms with Crippen molar-refractivity contribution >= 4 is 40.0 Å². The van der Waals surface area contributed by atoms with E-state index in [-0.39, 0.29) is 24.4 Å². The van der Waals surface area contributed by atoms with Gasteiger partial charge in [-0.3, -0.25) is 14.5 Å². The van der Waals surface area contributed by atoms with Gasteiger partial charge in [0.25, 0.3) is 0 Å². The molecule has 1 atom stereocenters. The van der Waals surface area contributed by atoms with Crippen LogP contribution in [-0.2, 0) is 9.59 Å². The van der Waals surface area contributed by atoms with Crippen LogP contribution in [0.3, 0.4) is 0 Å². The molecule has 29 heavy (non-hydrogen) atoms. The number of thiazole rings is 1. The Balaban J connectivity index is 1.34. The molecule has 0 spiro atoms. The number of nitrogens with one attached hydrogen (secondary N) is 1. The molecular weight excluding hydrogens is 404 g/mol. The van der Waals surface area contributed by atoms with Crippen molar-refractivity contribution in [1.82, 2.24) is 14.8 Å². The van der Waals surface area contributed by atoms with Gasteiger partial charge in [-0.2, -0.15) is 11.8 Å². The fraction of sp³-hybridized carbons (Fsp3) is 0.476. The standard InChI is InChI=1S/C21H26N4O2S2/c1-15-4-6-16(7-5-15)17-14-29-21(22-17)23-19(26)13-25-8-2-3-18(25)20(27)24-9-11-28-12-10-24/h4-7,14,18H,2-3,8-13H2,1H3,(H,22,23,26). The van der Waals surface area contributed by atoms with Crippen LogP contribution in [0.1, 0.15) is 18.4 Å². The highest BCUT2D eigenvalue weighted by Gasteiger charge is 2.35. The van der Waals surface area contributed by atoms with Crippen LogP contribution in [0.2, 0.25) is 0 Å². The quantitative estimate of drug-likeness (QED) is 0.790. The number of likely N-dealkylation sites (tertiary alicyclic amines) is 1. The molecule has 8 heteroatoms. The van der Waals surface area contributed by atoms with Crippen molar-refractivity contribution in [3.05, 3.63) is 35.2 Å². The molecule has 2 aromatic rings. The smallest absolute Gasteiger partial charge is 0.240 e. The molecule has 2 aliphatic heterocycles.